The molecule has 0 unspecified atom stereocenters. The van der Waals surface area contributed by atoms with E-state index in [1.165, 1.54) is 19.2 Å². The first-order chi connectivity index (χ1) is 13.0. The number of likely N-dealkylation sites (tertiary alicyclic amines) is 1. The molecule has 0 atom stereocenters. The van der Waals surface area contributed by atoms with Gasteiger partial charge in [-0.05, 0) is 11.6 Å². The van der Waals surface area contributed by atoms with E-state index in [1.807, 2.05) is 30.3 Å². The normalized spacial score (nSPS) is 14.7. The Bertz CT molecular complexity index is 805. The minimum Gasteiger partial charge on any atom is -0.487 e. The third-order valence-electron chi connectivity index (χ3n) is 4.48. The first-order valence-corrected chi connectivity index (χ1v) is 8.85. The smallest absolute Gasteiger partial charge is 0.410 e. The molecule has 1 amide bonds. The van der Waals surface area contributed by atoms with Crippen molar-refractivity contribution in [2.75, 3.05) is 20.1 Å². The Kier molecular flexibility index (Phi) is 6.01. The highest BCUT2D eigenvalue weighted by atomic mass is 19.1. The fraction of sp³-hybridized carbons (Fsp3) is 0.350. The standard InChI is InChI=1S/C20H22FN2O4/c1-22(25)16-7-8-19(18(21)13-16)27-17-9-11-23(12-10-17)20(24)26-14-15-5-3-2-4-6-15/h2-8,13,17H,9-12,14H2,1H3/q+1. The van der Waals surface area contributed by atoms with Crippen molar-refractivity contribution in [1.82, 2.24) is 4.90 Å². The number of piperidine rings is 1. The zero-order chi connectivity index (χ0) is 19.2. The number of carbonyl (C=O) groups is 1. The van der Waals surface area contributed by atoms with Gasteiger partial charge in [0.1, 0.15) is 12.7 Å². The summed E-state index contributed by atoms with van der Waals surface area (Å²) in [7, 11) is 1.31. The summed E-state index contributed by atoms with van der Waals surface area (Å²) in [4.78, 5) is 25.0. The average molecular weight is 373 g/mol. The maximum absolute atomic E-state index is 14.1. The molecule has 6 nitrogen and oxygen atoms in total. The van der Waals surface area contributed by atoms with Crippen molar-refractivity contribution < 1.29 is 23.4 Å². The van der Waals surface area contributed by atoms with Crippen molar-refractivity contribution >= 4 is 11.8 Å². The van der Waals surface area contributed by atoms with Crippen LogP contribution in [-0.4, -0.2) is 42.0 Å². The van der Waals surface area contributed by atoms with Gasteiger partial charge in [0.2, 0.25) is 0 Å². The van der Waals surface area contributed by atoms with E-state index in [9.17, 15) is 14.1 Å². The lowest BCUT2D eigenvalue weighted by Gasteiger charge is -2.31. The van der Waals surface area contributed by atoms with Crippen molar-refractivity contribution in [1.29, 1.82) is 0 Å². The lowest BCUT2D eigenvalue weighted by atomic mass is 10.1. The van der Waals surface area contributed by atoms with Crippen LogP contribution in [0, 0.1) is 10.7 Å². The first-order valence-electron chi connectivity index (χ1n) is 8.85. The van der Waals surface area contributed by atoms with Crippen LogP contribution in [0.15, 0.2) is 48.5 Å². The number of hydrogen-bond acceptors (Lipinski definition) is 4. The fourth-order valence-electron chi connectivity index (χ4n) is 2.93. The molecule has 1 aliphatic rings. The molecule has 0 spiro atoms. The van der Waals surface area contributed by atoms with Gasteiger partial charge in [-0.2, -0.15) is 0 Å². The molecule has 1 aliphatic heterocycles. The lowest BCUT2D eigenvalue weighted by molar-refractivity contribution is -0.428. The van der Waals surface area contributed by atoms with E-state index in [4.69, 9.17) is 9.47 Å². The predicted octanol–water partition coefficient (Wildman–Crippen LogP) is 4.05. The monoisotopic (exact) mass is 373 g/mol. The molecular formula is C20H22FN2O4+. The van der Waals surface area contributed by atoms with E-state index >= 15 is 0 Å². The van der Waals surface area contributed by atoms with Gasteiger partial charge in [0.05, 0.1) is 6.07 Å². The van der Waals surface area contributed by atoms with Gasteiger partial charge in [0.25, 0.3) is 5.69 Å². The summed E-state index contributed by atoms with van der Waals surface area (Å²) in [6.45, 7) is 1.21. The van der Waals surface area contributed by atoms with Crippen molar-refractivity contribution in [3.63, 3.8) is 0 Å². The molecular weight excluding hydrogens is 351 g/mol. The van der Waals surface area contributed by atoms with E-state index in [0.29, 0.717) is 30.7 Å². The molecule has 27 heavy (non-hydrogen) atoms. The number of hydrogen-bond donors (Lipinski definition) is 0. The van der Waals surface area contributed by atoms with Gasteiger partial charge in [-0.25, -0.2) is 9.18 Å². The molecule has 7 heteroatoms. The number of rotatable bonds is 5. The van der Waals surface area contributed by atoms with Gasteiger partial charge < -0.3 is 14.4 Å². The van der Waals surface area contributed by atoms with Crippen LogP contribution in [0.1, 0.15) is 18.4 Å². The van der Waals surface area contributed by atoms with Gasteiger partial charge in [-0.15, -0.1) is 0 Å². The minimum atomic E-state index is -0.570. The maximum Gasteiger partial charge on any atom is 0.410 e. The van der Waals surface area contributed by atoms with Gasteiger partial charge in [0, 0.05) is 41.7 Å². The summed E-state index contributed by atoms with van der Waals surface area (Å²) >= 11 is 0. The van der Waals surface area contributed by atoms with Crippen molar-refractivity contribution in [3.05, 3.63) is 64.8 Å². The van der Waals surface area contributed by atoms with E-state index in [2.05, 4.69) is 0 Å². The molecule has 1 saturated heterocycles. The number of amides is 1. The Morgan fingerprint density at radius 1 is 1.19 bits per heavy atom. The number of carbonyl (C=O) groups excluding carboxylic acids is 1. The summed E-state index contributed by atoms with van der Waals surface area (Å²) < 4.78 is 25.7. The highest BCUT2D eigenvalue weighted by Crippen LogP contribution is 2.25. The summed E-state index contributed by atoms with van der Waals surface area (Å²) in [5.41, 5.74) is 1.17. The molecule has 142 valence electrons. The van der Waals surface area contributed by atoms with Gasteiger partial charge in [0.15, 0.2) is 18.6 Å². The van der Waals surface area contributed by atoms with Crippen LogP contribution >= 0.6 is 0 Å². The number of nitrogens with zero attached hydrogens (tertiary/aromatic N) is 2. The Morgan fingerprint density at radius 2 is 1.89 bits per heavy atom. The summed E-state index contributed by atoms with van der Waals surface area (Å²) in [5.74, 6) is -0.453. The van der Waals surface area contributed by atoms with Gasteiger partial charge in [-0.3, -0.25) is 0 Å². The second kappa shape index (κ2) is 8.62. The zero-order valence-electron chi connectivity index (χ0n) is 15.1. The lowest BCUT2D eigenvalue weighted by Crippen LogP contribution is -2.42. The summed E-state index contributed by atoms with van der Waals surface area (Å²) in [5, 5.41) is 0. The van der Waals surface area contributed by atoms with Crippen LogP contribution in [0.25, 0.3) is 0 Å². The largest absolute Gasteiger partial charge is 0.487 e. The van der Waals surface area contributed by atoms with Crippen LogP contribution < -0.4 is 4.74 Å². The molecule has 0 radical (unpaired) electrons. The van der Waals surface area contributed by atoms with Crippen LogP contribution in [0.4, 0.5) is 14.9 Å². The SMILES string of the molecule is C[N+](=O)c1ccc(OC2CCN(C(=O)OCc3ccccc3)CC2)c(F)c1. The fourth-order valence-corrected chi connectivity index (χ4v) is 2.93. The van der Waals surface area contributed by atoms with E-state index in [1.54, 1.807) is 4.90 Å². The molecule has 2 aromatic carbocycles. The van der Waals surface area contributed by atoms with Crippen LogP contribution in [-0.2, 0) is 11.3 Å². The predicted molar refractivity (Wildman–Crippen MR) is 97.5 cm³/mol. The van der Waals surface area contributed by atoms with Gasteiger partial charge >= 0.3 is 6.09 Å². The quantitative estimate of drug-likeness (QED) is 0.742. The first kappa shape index (κ1) is 18.8. The van der Waals surface area contributed by atoms with Crippen molar-refractivity contribution in [2.45, 2.75) is 25.6 Å². The number of halogens is 1. The molecule has 2 aromatic rings. The van der Waals surface area contributed by atoms with Crippen LogP contribution in [0.3, 0.4) is 0 Å². The number of nitroso groups, excluding NO2 is 1. The summed E-state index contributed by atoms with van der Waals surface area (Å²) in [6.07, 6.45) is 0.631. The second-order valence-electron chi connectivity index (χ2n) is 6.46. The molecule has 0 aliphatic carbocycles. The Hall–Kier alpha value is -2.96. The van der Waals surface area contributed by atoms with Crippen molar-refractivity contribution in [2.24, 2.45) is 0 Å². The average Bonchev–Trinajstić information content (AvgIpc) is 2.69. The minimum absolute atomic E-state index is 0.116. The molecule has 1 heterocycles. The van der Waals surface area contributed by atoms with E-state index < -0.39 is 5.82 Å². The Balaban J connectivity index is 1.47. The van der Waals surface area contributed by atoms with E-state index in [-0.39, 0.29) is 30.2 Å². The maximum atomic E-state index is 14.1. The third-order valence-corrected chi connectivity index (χ3v) is 4.48. The molecule has 0 aromatic heterocycles. The van der Waals surface area contributed by atoms with E-state index in [0.717, 1.165) is 11.6 Å². The zero-order valence-corrected chi connectivity index (χ0v) is 15.1. The Morgan fingerprint density at radius 3 is 2.52 bits per heavy atom. The second-order valence-corrected chi connectivity index (χ2v) is 6.46. The number of benzene rings is 2. The van der Waals surface area contributed by atoms with Gasteiger partial charge in [-0.1, -0.05) is 30.3 Å². The summed E-state index contributed by atoms with van der Waals surface area (Å²) in [6, 6.07) is 13.6. The Labute approximate surface area is 157 Å². The highest BCUT2D eigenvalue weighted by molar-refractivity contribution is 5.67. The van der Waals surface area contributed by atoms with Crippen LogP contribution in [0.5, 0.6) is 5.75 Å². The molecule has 0 saturated carbocycles. The van der Waals surface area contributed by atoms with Crippen LogP contribution in [0.2, 0.25) is 0 Å². The highest BCUT2D eigenvalue weighted by Gasteiger charge is 2.26. The third kappa shape index (κ3) is 5.03. The molecule has 3 rings (SSSR count). The van der Waals surface area contributed by atoms with Crippen molar-refractivity contribution in [3.8, 4) is 5.75 Å². The number of ether oxygens (including phenoxy) is 2. The molecule has 0 N–H and O–H groups in total. The molecule has 1 fully saturated rings. The molecule has 0 bridgehead atoms. The topological polar surface area (TPSA) is 58.8 Å².